The van der Waals surface area contributed by atoms with Gasteiger partial charge in [0.2, 0.25) is 16.0 Å². The highest BCUT2D eigenvalue weighted by molar-refractivity contribution is 7.93. The molecule has 2 unspecified atom stereocenters. The zero-order valence-corrected chi connectivity index (χ0v) is 22.2. The minimum atomic E-state index is -4.11. The molecule has 1 aliphatic carbocycles. The highest BCUT2D eigenvalue weighted by Gasteiger charge is 2.38. The molecule has 3 aromatic rings. The number of nitriles is 1. The second-order valence-corrected chi connectivity index (χ2v) is 11.0. The first-order valence-electron chi connectivity index (χ1n) is 11.3. The minimum absolute atomic E-state index is 0.0584. The third-order valence-electron chi connectivity index (χ3n) is 6.30. The van der Waals surface area contributed by atoms with Crippen LogP contribution < -0.4 is 14.2 Å². The molecular weight excluding hydrogens is 522 g/mol. The van der Waals surface area contributed by atoms with Crippen LogP contribution in [0.25, 0.3) is 5.69 Å². The summed E-state index contributed by atoms with van der Waals surface area (Å²) in [6.45, 7) is 1.48. The Balaban J connectivity index is 1.76. The van der Waals surface area contributed by atoms with E-state index in [1.165, 1.54) is 40.6 Å². The summed E-state index contributed by atoms with van der Waals surface area (Å²) >= 11 is 5.87. The van der Waals surface area contributed by atoms with E-state index in [1.807, 2.05) is 0 Å². The van der Waals surface area contributed by atoms with Gasteiger partial charge in [-0.3, -0.25) is 9.29 Å². The van der Waals surface area contributed by atoms with E-state index in [4.69, 9.17) is 25.8 Å². The quantitative estimate of drug-likeness (QED) is 0.400. The van der Waals surface area contributed by atoms with Crippen molar-refractivity contribution in [2.75, 3.05) is 26.1 Å². The second-order valence-electron chi connectivity index (χ2n) is 8.49. The van der Waals surface area contributed by atoms with E-state index in [9.17, 15) is 13.7 Å². The van der Waals surface area contributed by atoms with Gasteiger partial charge in [-0.1, -0.05) is 17.7 Å². The molecule has 1 aliphatic rings. The van der Waals surface area contributed by atoms with Crippen LogP contribution in [-0.2, 0) is 14.8 Å². The van der Waals surface area contributed by atoms with Crippen molar-refractivity contribution < 1.29 is 22.6 Å². The van der Waals surface area contributed by atoms with Gasteiger partial charge in [0.25, 0.3) is 0 Å². The van der Waals surface area contributed by atoms with E-state index in [2.05, 4.69) is 31.0 Å². The Hall–Kier alpha value is -3.47. The molecule has 0 bridgehead atoms. The lowest BCUT2D eigenvalue weighted by atomic mass is 9.75. The van der Waals surface area contributed by atoms with Crippen LogP contribution in [0, 0.1) is 17.2 Å². The number of benzene rings is 1. The van der Waals surface area contributed by atoms with Gasteiger partial charge in [0.15, 0.2) is 5.82 Å². The first-order valence-corrected chi connectivity index (χ1v) is 13.2. The first kappa shape index (κ1) is 26.6. The SMILES string of the molecule is COc1cccc(OC)c1-n1c(NS(=O)(=O)C(C)C(OC)c2ncc(Cl)cn2)nnc1[C@H]1C[C@@H](C#N)C1. The number of halogens is 1. The van der Waals surface area contributed by atoms with Crippen LogP contribution in [-0.4, -0.2) is 59.7 Å². The number of methoxy groups -OCH3 is 3. The molecule has 0 radical (unpaired) electrons. The number of nitrogens with zero attached hydrogens (tertiary/aromatic N) is 6. The van der Waals surface area contributed by atoms with E-state index in [0.29, 0.717) is 40.9 Å². The van der Waals surface area contributed by atoms with Crippen molar-refractivity contribution in [1.82, 2.24) is 24.7 Å². The summed E-state index contributed by atoms with van der Waals surface area (Å²) in [4.78, 5) is 8.22. The molecule has 1 N–H and O–H groups in total. The molecule has 2 atom stereocenters. The largest absolute Gasteiger partial charge is 0.494 e. The van der Waals surface area contributed by atoms with Gasteiger partial charge in [-0.2, -0.15) is 5.26 Å². The number of nitrogens with one attached hydrogen (secondary N) is 1. The van der Waals surface area contributed by atoms with Gasteiger partial charge in [0, 0.05) is 31.3 Å². The molecule has 0 saturated heterocycles. The molecule has 1 aromatic carbocycles. The van der Waals surface area contributed by atoms with Crippen LogP contribution in [0.2, 0.25) is 5.02 Å². The number of para-hydroxylation sites is 1. The fourth-order valence-electron chi connectivity index (χ4n) is 4.19. The molecule has 196 valence electrons. The Labute approximate surface area is 219 Å². The van der Waals surface area contributed by atoms with Crippen molar-refractivity contribution in [1.29, 1.82) is 5.26 Å². The van der Waals surface area contributed by atoms with Crippen molar-refractivity contribution >= 4 is 27.6 Å². The normalized spacial score (nSPS) is 18.8. The predicted molar refractivity (Wildman–Crippen MR) is 134 cm³/mol. The van der Waals surface area contributed by atoms with Gasteiger partial charge < -0.3 is 14.2 Å². The number of anilines is 1. The van der Waals surface area contributed by atoms with Crippen LogP contribution in [0.3, 0.4) is 0 Å². The van der Waals surface area contributed by atoms with Gasteiger partial charge in [-0.15, -0.1) is 10.2 Å². The van der Waals surface area contributed by atoms with Crippen LogP contribution in [0.4, 0.5) is 5.95 Å². The Bertz CT molecular complexity index is 1380. The molecule has 14 heteroatoms. The number of hydrogen-bond donors (Lipinski definition) is 1. The highest BCUT2D eigenvalue weighted by atomic mass is 35.5. The van der Waals surface area contributed by atoms with E-state index in [0.717, 1.165) is 0 Å². The minimum Gasteiger partial charge on any atom is -0.494 e. The van der Waals surface area contributed by atoms with E-state index in [-0.39, 0.29) is 23.6 Å². The molecule has 2 aromatic heterocycles. The lowest BCUT2D eigenvalue weighted by molar-refractivity contribution is 0.0950. The van der Waals surface area contributed by atoms with Crippen molar-refractivity contribution in [3.05, 3.63) is 47.3 Å². The molecule has 37 heavy (non-hydrogen) atoms. The topological polar surface area (TPSA) is 154 Å². The molecule has 0 amide bonds. The number of aromatic nitrogens is 5. The Morgan fingerprint density at radius 1 is 1.14 bits per heavy atom. The van der Waals surface area contributed by atoms with Crippen molar-refractivity contribution in [3.8, 4) is 23.3 Å². The number of hydrogen-bond acceptors (Lipinski definition) is 10. The predicted octanol–water partition coefficient (Wildman–Crippen LogP) is 3.26. The van der Waals surface area contributed by atoms with Gasteiger partial charge in [0.05, 0.1) is 25.3 Å². The maximum Gasteiger partial charge on any atom is 0.243 e. The molecular formula is C23H26ClN7O5S. The van der Waals surface area contributed by atoms with Gasteiger partial charge in [0.1, 0.15) is 34.4 Å². The monoisotopic (exact) mass is 547 g/mol. The maximum absolute atomic E-state index is 13.5. The van der Waals surface area contributed by atoms with E-state index in [1.54, 1.807) is 22.8 Å². The average molecular weight is 548 g/mol. The number of ether oxygens (including phenoxy) is 3. The second kappa shape index (κ2) is 10.9. The Morgan fingerprint density at radius 3 is 2.30 bits per heavy atom. The van der Waals surface area contributed by atoms with Gasteiger partial charge >= 0.3 is 0 Å². The summed E-state index contributed by atoms with van der Waals surface area (Å²) in [5.74, 6) is 1.24. The molecule has 12 nitrogen and oxygen atoms in total. The van der Waals surface area contributed by atoms with Gasteiger partial charge in [-0.05, 0) is 31.9 Å². The van der Waals surface area contributed by atoms with E-state index >= 15 is 0 Å². The summed E-state index contributed by atoms with van der Waals surface area (Å²) in [5, 5.41) is 16.9. The summed E-state index contributed by atoms with van der Waals surface area (Å²) in [6.07, 6.45) is 2.90. The Kier molecular flexibility index (Phi) is 7.82. The van der Waals surface area contributed by atoms with Gasteiger partial charge in [-0.25, -0.2) is 18.4 Å². The number of rotatable bonds is 10. The molecule has 0 aliphatic heterocycles. The van der Waals surface area contributed by atoms with Crippen LogP contribution >= 0.6 is 11.6 Å². The lowest BCUT2D eigenvalue weighted by Crippen LogP contribution is -2.33. The standard InChI is InChI=1S/C23H26ClN7O5S/c1-13(20(36-4)21-26-11-16(24)12-27-21)37(32,33)30-23-29-28-22(15-8-14(9-15)10-25)31(23)19-17(34-2)6-5-7-18(19)35-3/h5-7,11-15,20H,8-9H2,1-4H3,(H,29,30)/t13?,14-,15+,20?. The van der Waals surface area contributed by atoms with E-state index < -0.39 is 21.4 Å². The molecule has 1 fully saturated rings. The molecule has 0 spiro atoms. The highest BCUT2D eigenvalue weighted by Crippen LogP contribution is 2.44. The molecule has 2 heterocycles. The summed E-state index contributed by atoms with van der Waals surface area (Å²) in [7, 11) is 0.255. The summed E-state index contributed by atoms with van der Waals surface area (Å²) < 4.78 is 47.8. The third kappa shape index (κ3) is 5.18. The number of sulfonamides is 1. The van der Waals surface area contributed by atoms with Crippen LogP contribution in [0.5, 0.6) is 11.5 Å². The fraction of sp³-hybridized carbons (Fsp3) is 0.435. The van der Waals surface area contributed by atoms with Crippen LogP contribution in [0.15, 0.2) is 30.6 Å². The summed E-state index contributed by atoms with van der Waals surface area (Å²) in [6, 6.07) is 7.45. The smallest absolute Gasteiger partial charge is 0.243 e. The lowest BCUT2D eigenvalue weighted by Gasteiger charge is -2.30. The summed E-state index contributed by atoms with van der Waals surface area (Å²) in [5.41, 5.74) is 0.433. The molecule has 4 rings (SSSR count). The average Bonchev–Trinajstić information content (AvgIpc) is 3.25. The Morgan fingerprint density at radius 2 is 1.76 bits per heavy atom. The van der Waals surface area contributed by atoms with Crippen LogP contribution in [0.1, 0.15) is 43.4 Å². The zero-order valence-electron chi connectivity index (χ0n) is 20.6. The zero-order chi connectivity index (χ0) is 26.7. The maximum atomic E-state index is 13.5. The van der Waals surface area contributed by atoms with Crippen molar-refractivity contribution in [3.63, 3.8) is 0 Å². The third-order valence-corrected chi connectivity index (χ3v) is 8.19. The van der Waals surface area contributed by atoms with Crippen molar-refractivity contribution in [2.24, 2.45) is 5.92 Å². The molecule has 1 saturated carbocycles. The van der Waals surface area contributed by atoms with Crippen molar-refractivity contribution in [2.45, 2.75) is 37.0 Å². The first-order chi connectivity index (χ1) is 17.7. The fourth-order valence-corrected chi connectivity index (χ4v) is 5.42.